The predicted octanol–water partition coefficient (Wildman–Crippen LogP) is 2.01. The molecule has 1 aromatic carbocycles. The van der Waals surface area contributed by atoms with E-state index in [0.29, 0.717) is 0 Å². The third-order valence-corrected chi connectivity index (χ3v) is 8.36. The van der Waals surface area contributed by atoms with Crippen molar-refractivity contribution in [3.05, 3.63) is 63.4 Å². The highest BCUT2D eigenvalue weighted by Crippen LogP contribution is 2.45. The van der Waals surface area contributed by atoms with Crippen LogP contribution in [0.4, 0.5) is 4.39 Å². The predicted molar refractivity (Wildman–Crippen MR) is 147 cm³/mol. The van der Waals surface area contributed by atoms with Crippen LogP contribution in [-0.4, -0.2) is 65.3 Å². The van der Waals surface area contributed by atoms with E-state index in [4.69, 9.17) is 24.3 Å². The van der Waals surface area contributed by atoms with Crippen molar-refractivity contribution in [2.45, 2.75) is 69.7 Å². The Morgan fingerprint density at radius 1 is 1.22 bits per heavy atom. The van der Waals surface area contributed by atoms with Crippen molar-refractivity contribution in [1.82, 2.24) is 14.6 Å². The lowest BCUT2D eigenvalue weighted by molar-refractivity contribution is -0.152. The van der Waals surface area contributed by atoms with Gasteiger partial charge >= 0.3 is 19.4 Å². The van der Waals surface area contributed by atoms with Crippen LogP contribution in [0, 0.1) is 5.92 Å². The van der Waals surface area contributed by atoms with Crippen molar-refractivity contribution in [1.29, 1.82) is 0 Å². The molecular weight excluding hydrogens is 562 g/mol. The summed E-state index contributed by atoms with van der Waals surface area (Å²) in [4.78, 5) is 38.3. The van der Waals surface area contributed by atoms with Gasteiger partial charge in [-0.15, -0.1) is 0 Å². The average Bonchev–Trinajstić information content (AvgIpc) is 2.95. The first-order valence-electron chi connectivity index (χ1n) is 13.4. The van der Waals surface area contributed by atoms with E-state index in [1.54, 1.807) is 18.2 Å². The molecule has 1 aromatic heterocycles. The number of ether oxygens (including phenoxy) is 2. The number of aromatic nitrogens is 2. The maximum Gasteiger partial charge on any atom is 0.459 e. The smallest absolute Gasteiger partial charge is 0.459 e. The van der Waals surface area contributed by atoms with Crippen molar-refractivity contribution < 1.29 is 37.4 Å². The van der Waals surface area contributed by atoms with Crippen LogP contribution >= 0.6 is 7.75 Å². The molecule has 228 valence electrons. The number of methoxy groups -OCH3 is 1. The number of nitrogens with one attached hydrogen (secondary N) is 2. The van der Waals surface area contributed by atoms with Gasteiger partial charge in [-0.3, -0.25) is 23.7 Å². The molecule has 1 saturated carbocycles. The second-order valence-electron chi connectivity index (χ2n) is 9.82. The summed E-state index contributed by atoms with van der Waals surface area (Å²) >= 11 is 0. The van der Waals surface area contributed by atoms with E-state index >= 15 is 4.39 Å². The Hall–Kier alpha value is -2.87. The van der Waals surface area contributed by atoms with E-state index in [2.05, 4.69) is 5.09 Å². The standard InChI is InChI=1S/C26H38FN4O9P/c1-17(25(34)39-19-9-5-3-6-10-19)30-41(36,40-20-11-7-4-8-12-20)38-16-18(15-28)23(33)22(27)24(37-2)31-14-13-21(32)29-26(31)35/h4,7-8,11-14,17-19,22-24,33H,3,5-6,9-10,15-16,28H2,1-2H3,(H,30,36)(H,29,32,35)/t17?,18?,22-,23-,24-,41?/m1/s1. The molecule has 1 aliphatic carbocycles. The quantitative estimate of drug-likeness (QED) is 0.173. The van der Waals surface area contributed by atoms with Gasteiger partial charge in [0.15, 0.2) is 12.4 Å². The Bertz CT molecular complexity index is 1270. The molecule has 1 heterocycles. The Morgan fingerprint density at radius 2 is 1.90 bits per heavy atom. The summed E-state index contributed by atoms with van der Waals surface area (Å²) in [5.74, 6) is -1.62. The molecule has 0 amide bonds. The molecule has 0 spiro atoms. The van der Waals surface area contributed by atoms with Crippen LogP contribution in [0.15, 0.2) is 52.2 Å². The van der Waals surface area contributed by atoms with E-state index in [1.807, 2.05) is 4.98 Å². The van der Waals surface area contributed by atoms with Crippen LogP contribution < -0.4 is 26.6 Å². The first-order chi connectivity index (χ1) is 19.6. The lowest BCUT2D eigenvalue weighted by Gasteiger charge is -2.31. The molecule has 1 aliphatic rings. The number of nitrogens with zero attached hydrogens (tertiary/aromatic N) is 1. The fourth-order valence-electron chi connectivity index (χ4n) is 4.40. The molecule has 0 bridgehead atoms. The zero-order chi connectivity index (χ0) is 30.0. The summed E-state index contributed by atoms with van der Waals surface area (Å²) in [5, 5.41) is 13.4. The number of hydrogen-bond donors (Lipinski definition) is 4. The van der Waals surface area contributed by atoms with Gasteiger partial charge in [0.1, 0.15) is 17.9 Å². The van der Waals surface area contributed by atoms with Crippen LogP contribution in [0.5, 0.6) is 5.75 Å². The number of aliphatic hydroxyl groups is 1. The van der Waals surface area contributed by atoms with E-state index in [9.17, 15) is 24.1 Å². The highest BCUT2D eigenvalue weighted by molar-refractivity contribution is 7.52. The fraction of sp³-hybridized carbons (Fsp3) is 0.577. The van der Waals surface area contributed by atoms with Crippen LogP contribution in [-0.2, 0) is 23.4 Å². The largest absolute Gasteiger partial charge is 0.461 e. The molecule has 1 fully saturated rings. The molecule has 13 nitrogen and oxygen atoms in total. The first-order valence-corrected chi connectivity index (χ1v) is 14.9. The summed E-state index contributed by atoms with van der Waals surface area (Å²) in [6, 6.07) is 7.97. The number of halogens is 1. The van der Waals surface area contributed by atoms with E-state index in [1.165, 1.54) is 19.1 Å². The van der Waals surface area contributed by atoms with E-state index in [-0.39, 0.29) is 18.4 Å². The van der Waals surface area contributed by atoms with Crippen molar-refractivity contribution >= 4 is 13.7 Å². The number of aromatic amines is 1. The number of aliphatic hydroxyl groups excluding tert-OH is 1. The molecule has 6 atom stereocenters. The summed E-state index contributed by atoms with van der Waals surface area (Å²) in [5.41, 5.74) is 4.15. The van der Waals surface area contributed by atoms with Crippen molar-refractivity contribution in [2.75, 3.05) is 20.3 Å². The molecule has 41 heavy (non-hydrogen) atoms. The zero-order valence-electron chi connectivity index (χ0n) is 23.0. The number of H-pyrrole nitrogens is 1. The molecule has 2 aromatic rings. The third-order valence-electron chi connectivity index (χ3n) is 6.72. The molecule has 0 saturated heterocycles. The summed E-state index contributed by atoms with van der Waals surface area (Å²) < 4.78 is 51.9. The molecule has 5 N–H and O–H groups in total. The highest BCUT2D eigenvalue weighted by atomic mass is 31.2. The summed E-state index contributed by atoms with van der Waals surface area (Å²) in [6.45, 7) is 0.577. The minimum absolute atomic E-state index is 0.168. The summed E-state index contributed by atoms with van der Waals surface area (Å²) in [7, 11) is -3.19. The Balaban J connectivity index is 1.73. The van der Waals surface area contributed by atoms with Crippen molar-refractivity contribution in [3.8, 4) is 5.75 Å². The van der Waals surface area contributed by atoms with Gasteiger partial charge in [0.2, 0.25) is 0 Å². The van der Waals surface area contributed by atoms with Gasteiger partial charge in [0.25, 0.3) is 5.56 Å². The Kier molecular flexibility index (Phi) is 12.2. The number of benzene rings is 1. The molecule has 15 heteroatoms. The Morgan fingerprint density at radius 3 is 2.51 bits per heavy atom. The minimum atomic E-state index is -4.31. The second-order valence-corrected chi connectivity index (χ2v) is 11.5. The lowest BCUT2D eigenvalue weighted by atomic mass is 9.98. The maximum absolute atomic E-state index is 15.5. The molecule has 3 unspecified atom stereocenters. The van der Waals surface area contributed by atoms with Crippen LogP contribution in [0.1, 0.15) is 45.3 Å². The van der Waals surface area contributed by atoms with Gasteiger partial charge in [-0.2, -0.15) is 5.09 Å². The zero-order valence-corrected chi connectivity index (χ0v) is 23.9. The van der Waals surface area contributed by atoms with Gasteiger partial charge < -0.3 is 24.8 Å². The van der Waals surface area contributed by atoms with Gasteiger partial charge in [0.05, 0.1) is 12.7 Å². The second kappa shape index (κ2) is 15.4. The first kappa shape index (κ1) is 32.6. The average molecular weight is 601 g/mol. The fourth-order valence-corrected chi connectivity index (χ4v) is 5.95. The van der Waals surface area contributed by atoms with Gasteiger partial charge in [-0.25, -0.2) is 13.8 Å². The van der Waals surface area contributed by atoms with E-state index in [0.717, 1.165) is 56.0 Å². The third kappa shape index (κ3) is 9.32. The van der Waals surface area contributed by atoms with E-state index < -0.39 is 62.0 Å². The number of carbonyl (C=O) groups excluding carboxylic acids is 1. The Labute approximate surface area is 236 Å². The van der Waals surface area contributed by atoms with Crippen LogP contribution in [0.3, 0.4) is 0 Å². The minimum Gasteiger partial charge on any atom is -0.461 e. The SMILES string of the molecule is CO[C@H]([C@H](F)[C@H](O)C(CN)COP(=O)(NC(C)C(=O)OC1CCCCC1)Oc1ccccc1)n1ccc(=O)[nH]c1=O. The molecular formula is C26H38FN4O9P. The number of nitrogens with two attached hydrogens (primary N) is 1. The van der Waals surface area contributed by atoms with Gasteiger partial charge in [-0.05, 0) is 51.3 Å². The monoisotopic (exact) mass is 600 g/mol. The lowest BCUT2D eigenvalue weighted by Crippen LogP contribution is -2.45. The normalized spacial score (nSPS) is 19.3. The van der Waals surface area contributed by atoms with Gasteiger partial charge in [-0.1, -0.05) is 24.6 Å². The maximum atomic E-state index is 15.5. The van der Waals surface area contributed by atoms with Crippen molar-refractivity contribution in [2.24, 2.45) is 11.7 Å². The number of esters is 1. The molecule has 0 radical (unpaired) electrons. The number of para-hydroxylation sites is 1. The van der Waals surface area contributed by atoms with Crippen LogP contribution in [0.25, 0.3) is 0 Å². The number of rotatable bonds is 15. The highest BCUT2D eigenvalue weighted by Gasteiger charge is 2.39. The number of hydrogen-bond acceptors (Lipinski definition) is 10. The topological polar surface area (TPSA) is 184 Å². The van der Waals surface area contributed by atoms with Crippen molar-refractivity contribution in [3.63, 3.8) is 0 Å². The van der Waals surface area contributed by atoms with Gasteiger partial charge in [0, 0.05) is 25.3 Å². The number of carbonyl (C=O) groups is 1. The molecule has 0 aliphatic heterocycles. The number of alkyl halides is 1. The van der Waals surface area contributed by atoms with Crippen LogP contribution in [0.2, 0.25) is 0 Å². The molecule has 3 rings (SSSR count). The summed E-state index contributed by atoms with van der Waals surface area (Å²) in [6.07, 6.45) is -0.396.